The van der Waals surface area contributed by atoms with E-state index in [9.17, 15) is 15.0 Å². The molecule has 0 radical (unpaired) electrons. The van der Waals surface area contributed by atoms with Crippen molar-refractivity contribution in [1.29, 1.82) is 0 Å². The number of aromatic nitrogens is 1. The van der Waals surface area contributed by atoms with Crippen molar-refractivity contribution in [3.05, 3.63) is 59.0 Å². The number of nitrogen functional groups attached to an aromatic ring is 1. The fourth-order valence-electron chi connectivity index (χ4n) is 4.98. The predicted octanol–water partition coefficient (Wildman–Crippen LogP) is 3.83. The van der Waals surface area contributed by atoms with Crippen LogP contribution in [0.15, 0.2) is 48.5 Å². The van der Waals surface area contributed by atoms with Crippen LogP contribution in [-0.4, -0.2) is 64.2 Å². The number of hydrogen-bond acceptors (Lipinski definition) is 9. The number of rotatable bonds is 6. The van der Waals surface area contributed by atoms with Crippen molar-refractivity contribution in [3.63, 3.8) is 0 Å². The lowest BCUT2D eigenvalue weighted by Gasteiger charge is -2.42. The van der Waals surface area contributed by atoms with Crippen LogP contribution in [-0.2, 0) is 0 Å². The highest BCUT2D eigenvalue weighted by Gasteiger charge is 2.28. The van der Waals surface area contributed by atoms with E-state index in [0.29, 0.717) is 21.6 Å². The van der Waals surface area contributed by atoms with Crippen LogP contribution in [0.1, 0.15) is 40.9 Å². The van der Waals surface area contributed by atoms with E-state index in [1.807, 2.05) is 12.1 Å². The Morgan fingerprint density at radius 2 is 1.74 bits per heavy atom. The molecule has 2 aromatic carbocycles. The van der Waals surface area contributed by atoms with Gasteiger partial charge < -0.3 is 26.2 Å². The maximum absolute atomic E-state index is 12.8. The molecule has 2 aliphatic heterocycles. The second kappa shape index (κ2) is 10.2. The summed E-state index contributed by atoms with van der Waals surface area (Å²) in [7, 11) is 0. The van der Waals surface area contributed by atoms with E-state index in [4.69, 9.17) is 5.73 Å². The smallest absolute Gasteiger partial charge is 0.206 e. The van der Waals surface area contributed by atoms with E-state index >= 15 is 0 Å². The molecule has 0 bridgehead atoms. The van der Waals surface area contributed by atoms with E-state index < -0.39 is 0 Å². The Morgan fingerprint density at radius 1 is 1.03 bits per heavy atom. The van der Waals surface area contributed by atoms with Gasteiger partial charge in [-0.25, -0.2) is 4.98 Å². The number of carbonyl (C=O) groups excluding carboxylic acids is 1. The molecule has 3 aromatic rings. The Labute approximate surface area is 209 Å². The number of hydrogen-bond donors (Lipinski definition) is 4. The van der Waals surface area contributed by atoms with Crippen LogP contribution in [0.4, 0.5) is 22.3 Å². The van der Waals surface area contributed by atoms with Crippen LogP contribution in [0, 0.1) is 0 Å². The Balaban J connectivity index is 1.18. The minimum absolute atomic E-state index is 0.107. The lowest BCUT2D eigenvalue weighted by Crippen LogP contribution is -2.49. The number of nitrogens with two attached hydrogens (primary N) is 1. The number of nitrogens with one attached hydrogen (secondary N) is 1. The van der Waals surface area contributed by atoms with E-state index in [1.165, 1.54) is 29.2 Å². The number of thiazole rings is 1. The number of aromatic hydroxyl groups is 1. The van der Waals surface area contributed by atoms with Gasteiger partial charge in [0, 0.05) is 42.6 Å². The van der Waals surface area contributed by atoms with Crippen LogP contribution in [0.25, 0.3) is 0 Å². The number of ketones is 1. The number of nitrogens with zero attached hydrogens (tertiary/aromatic N) is 3. The third-order valence-corrected chi connectivity index (χ3v) is 7.87. The van der Waals surface area contributed by atoms with Crippen molar-refractivity contribution in [2.45, 2.75) is 37.8 Å². The molecule has 2 saturated heterocycles. The van der Waals surface area contributed by atoms with Crippen LogP contribution < -0.4 is 16.0 Å². The van der Waals surface area contributed by atoms with Crippen molar-refractivity contribution in [2.24, 2.45) is 0 Å². The second-order valence-electron chi connectivity index (χ2n) is 9.29. The standard InChI is InChI=1S/C26H31N5O3S/c27-25-24(23(34)17-3-9-21(32)10-4-17)35-26(29-25)28-18-5-7-19(8-6-18)30-14-11-20(12-15-30)31-13-1-2-22(33)16-31/h3-10,20,22,32-33H,1-2,11-16,27H2,(H,28,29). The average molecular weight is 494 g/mol. The molecule has 0 spiro atoms. The molecule has 35 heavy (non-hydrogen) atoms. The van der Waals surface area contributed by atoms with Gasteiger partial charge in [-0.2, -0.15) is 0 Å². The highest BCUT2D eigenvalue weighted by atomic mass is 32.1. The Kier molecular flexibility index (Phi) is 6.90. The number of aliphatic hydroxyl groups is 1. The number of phenols is 1. The summed E-state index contributed by atoms with van der Waals surface area (Å²) in [6.07, 6.45) is 4.08. The van der Waals surface area contributed by atoms with Gasteiger partial charge in [0.25, 0.3) is 0 Å². The molecule has 2 aliphatic rings. The van der Waals surface area contributed by atoms with Gasteiger partial charge >= 0.3 is 0 Å². The maximum atomic E-state index is 12.8. The topological polar surface area (TPSA) is 115 Å². The minimum atomic E-state index is -0.217. The first-order valence-corrected chi connectivity index (χ1v) is 12.9. The third kappa shape index (κ3) is 5.42. The van der Waals surface area contributed by atoms with Crippen LogP contribution in [0.2, 0.25) is 0 Å². The Hall–Kier alpha value is -3.14. The highest BCUT2D eigenvalue weighted by Crippen LogP contribution is 2.31. The lowest BCUT2D eigenvalue weighted by molar-refractivity contribution is 0.0398. The van der Waals surface area contributed by atoms with Crippen molar-refractivity contribution in [1.82, 2.24) is 9.88 Å². The van der Waals surface area contributed by atoms with Crippen molar-refractivity contribution >= 4 is 39.4 Å². The number of likely N-dealkylation sites (tertiary alicyclic amines) is 1. The van der Waals surface area contributed by atoms with Crippen LogP contribution >= 0.6 is 11.3 Å². The molecule has 1 aromatic heterocycles. The summed E-state index contributed by atoms with van der Waals surface area (Å²) in [6, 6.07) is 14.9. The Morgan fingerprint density at radius 3 is 2.43 bits per heavy atom. The van der Waals surface area contributed by atoms with Gasteiger partial charge in [0.1, 0.15) is 16.4 Å². The molecule has 0 aliphatic carbocycles. The molecule has 8 nitrogen and oxygen atoms in total. The van der Waals surface area contributed by atoms with Crippen LogP contribution in [0.5, 0.6) is 5.75 Å². The SMILES string of the molecule is Nc1nc(Nc2ccc(N3CCC(N4CCCC(O)C4)CC3)cc2)sc1C(=O)c1ccc(O)cc1. The summed E-state index contributed by atoms with van der Waals surface area (Å²) in [5.41, 5.74) is 8.54. The molecule has 0 amide bonds. The normalized spacial score (nSPS) is 19.6. The summed E-state index contributed by atoms with van der Waals surface area (Å²) in [5, 5.41) is 23.2. The number of anilines is 4. The number of piperidine rings is 2. The first-order valence-electron chi connectivity index (χ1n) is 12.1. The molecule has 5 rings (SSSR count). The number of phenolic OH excluding ortho intramolecular Hbond substituents is 1. The second-order valence-corrected chi connectivity index (χ2v) is 10.3. The average Bonchev–Trinajstić information content (AvgIpc) is 3.24. The van der Waals surface area contributed by atoms with Crippen molar-refractivity contribution in [3.8, 4) is 5.75 Å². The summed E-state index contributed by atoms with van der Waals surface area (Å²) in [5.74, 6) is 0.0815. The zero-order valence-corrected chi connectivity index (χ0v) is 20.4. The zero-order chi connectivity index (χ0) is 24.4. The van der Waals surface area contributed by atoms with E-state index in [-0.39, 0.29) is 23.5 Å². The summed E-state index contributed by atoms with van der Waals surface area (Å²) < 4.78 is 0. The molecule has 5 N–H and O–H groups in total. The van der Waals surface area contributed by atoms with Gasteiger partial charge in [0.15, 0.2) is 5.13 Å². The fourth-order valence-corrected chi connectivity index (χ4v) is 5.84. The zero-order valence-electron chi connectivity index (χ0n) is 19.6. The lowest BCUT2D eigenvalue weighted by atomic mass is 9.98. The van der Waals surface area contributed by atoms with E-state index in [0.717, 1.165) is 57.5 Å². The molecular formula is C26H31N5O3S. The monoisotopic (exact) mass is 493 g/mol. The van der Waals surface area contributed by atoms with Crippen molar-refractivity contribution < 1.29 is 15.0 Å². The van der Waals surface area contributed by atoms with Gasteiger partial charge in [-0.15, -0.1) is 0 Å². The molecule has 0 saturated carbocycles. The first-order chi connectivity index (χ1) is 17.0. The molecule has 184 valence electrons. The Bertz CT molecular complexity index is 1160. The molecule has 2 fully saturated rings. The molecule has 1 unspecified atom stereocenters. The first kappa shape index (κ1) is 23.6. The molecular weight excluding hydrogens is 462 g/mol. The number of aliphatic hydroxyl groups excluding tert-OH is 1. The fraction of sp³-hybridized carbons (Fsp3) is 0.385. The predicted molar refractivity (Wildman–Crippen MR) is 140 cm³/mol. The minimum Gasteiger partial charge on any atom is -0.508 e. The largest absolute Gasteiger partial charge is 0.508 e. The number of carbonyl (C=O) groups is 1. The van der Waals surface area contributed by atoms with E-state index in [2.05, 4.69) is 32.2 Å². The van der Waals surface area contributed by atoms with Gasteiger partial charge in [-0.05, 0) is 80.8 Å². The maximum Gasteiger partial charge on any atom is 0.206 e. The summed E-state index contributed by atoms with van der Waals surface area (Å²) in [4.78, 5) is 22.3. The van der Waals surface area contributed by atoms with Crippen LogP contribution in [0.3, 0.4) is 0 Å². The summed E-state index contributed by atoms with van der Waals surface area (Å²) in [6.45, 7) is 3.94. The quantitative estimate of drug-likeness (QED) is 0.383. The molecule has 9 heteroatoms. The molecule has 1 atom stereocenters. The summed E-state index contributed by atoms with van der Waals surface area (Å²) >= 11 is 1.22. The van der Waals surface area contributed by atoms with Gasteiger partial charge in [-0.1, -0.05) is 11.3 Å². The van der Waals surface area contributed by atoms with Gasteiger partial charge in [-0.3, -0.25) is 9.69 Å². The van der Waals surface area contributed by atoms with E-state index in [1.54, 1.807) is 12.1 Å². The number of β-amino-alcohol motifs (C(OH)–C–C–N with tert-alkyl or cyclic N) is 1. The highest BCUT2D eigenvalue weighted by molar-refractivity contribution is 7.18. The molecule has 3 heterocycles. The van der Waals surface area contributed by atoms with Gasteiger partial charge in [0.2, 0.25) is 5.78 Å². The van der Waals surface area contributed by atoms with Gasteiger partial charge in [0.05, 0.1) is 6.10 Å². The number of benzene rings is 2. The third-order valence-electron chi connectivity index (χ3n) is 6.88. The van der Waals surface area contributed by atoms with Crippen molar-refractivity contribution in [2.75, 3.05) is 42.1 Å².